The van der Waals surface area contributed by atoms with Crippen LogP contribution in [-0.2, 0) is 19.6 Å². The summed E-state index contributed by atoms with van der Waals surface area (Å²) in [6, 6.07) is 12.3. The predicted molar refractivity (Wildman–Crippen MR) is 103 cm³/mol. The number of carbonyl (C=O) groups excluding carboxylic acids is 2. The van der Waals surface area contributed by atoms with Gasteiger partial charge in [-0.25, -0.2) is 13.2 Å². The van der Waals surface area contributed by atoms with Crippen LogP contribution in [0.25, 0.3) is 0 Å². The van der Waals surface area contributed by atoms with Crippen molar-refractivity contribution in [2.45, 2.75) is 32.6 Å². The van der Waals surface area contributed by atoms with E-state index in [1.807, 2.05) is 6.92 Å². The smallest absolute Gasteiger partial charge is 0.338 e. The third kappa shape index (κ3) is 5.65. The highest BCUT2D eigenvalue weighted by molar-refractivity contribution is 7.92. The van der Waals surface area contributed by atoms with Gasteiger partial charge in [-0.05, 0) is 43.3 Å². The van der Waals surface area contributed by atoms with E-state index in [0.717, 1.165) is 5.56 Å². The molecule has 0 aliphatic rings. The number of benzene rings is 2. The van der Waals surface area contributed by atoms with Crippen molar-refractivity contribution in [1.29, 1.82) is 0 Å². The Morgan fingerprint density at radius 2 is 1.52 bits per heavy atom. The van der Waals surface area contributed by atoms with Crippen LogP contribution in [0.5, 0.6) is 0 Å². The number of ether oxygens (including phenoxy) is 1. The Bertz CT molecular complexity index is 924. The average Bonchev–Trinajstić information content (AvgIpc) is 2.60. The molecule has 0 saturated carbocycles. The number of aryl methyl sites for hydroxylation is 1. The van der Waals surface area contributed by atoms with Crippen LogP contribution >= 0.6 is 0 Å². The molecule has 0 amide bonds. The zero-order valence-corrected chi connectivity index (χ0v) is 16.6. The van der Waals surface area contributed by atoms with E-state index in [9.17, 15) is 18.0 Å². The molecule has 0 radical (unpaired) electrons. The van der Waals surface area contributed by atoms with Crippen molar-refractivity contribution in [3.05, 3.63) is 59.7 Å². The molecular weight excluding hydrogens is 366 g/mol. The summed E-state index contributed by atoms with van der Waals surface area (Å²) in [5, 5.41) is 0. The fourth-order valence-corrected chi connectivity index (χ4v) is 3.10. The summed E-state index contributed by atoms with van der Waals surface area (Å²) in [6.07, 6.45) is 0. The number of nitrogens with one attached hydrogen (secondary N) is 1. The summed E-state index contributed by atoms with van der Waals surface area (Å²) >= 11 is 0. The molecule has 2 aromatic rings. The first-order valence-electron chi connectivity index (χ1n) is 8.39. The molecule has 0 heterocycles. The van der Waals surface area contributed by atoms with Crippen molar-refractivity contribution in [3.8, 4) is 0 Å². The first kappa shape index (κ1) is 20.6. The quantitative estimate of drug-likeness (QED) is 0.763. The number of Topliss-reactive ketones (excluding diaryl/α,β-unsaturated/α-hetero) is 1. The normalized spacial score (nSPS) is 11.7. The first-order valence-corrected chi connectivity index (χ1v) is 9.87. The second-order valence-corrected chi connectivity index (χ2v) is 8.93. The molecule has 0 spiro atoms. The minimum Gasteiger partial charge on any atom is -0.454 e. The molecule has 0 aromatic heterocycles. The van der Waals surface area contributed by atoms with Crippen LogP contribution in [0.3, 0.4) is 0 Å². The van der Waals surface area contributed by atoms with Gasteiger partial charge in [-0.2, -0.15) is 0 Å². The van der Waals surface area contributed by atoms with Crippen LogP contribution in [0, 0.1) is 12.3 Å². The summed E-state index contributed by atoms with van der Waals surface area (Å²) in [4.78, 5) is 23.9. The van der Waals surface area contributed by atoms with Crippen molar-refractivity contribution in [2.75, 3.05) is 11.3 Å². The van der Waals surface area contributed by atoms with Gasteiger partial charge < -0.3 is 4.74 Å². The van der Waals surface area contributed by atoms with E-state index >= 15 is 0 Å². The molecule has 1 N–H and O–H groups in total. The number of sulfonamides is 1. The molecule has 2 aromatic carbocycles. The molecule has 0 aliphatic carbocycles. The van der Waals surface area contributed by atoms with Crippen molar-refractivity contribution in [2.24, 2.45) is 5.41 Å². The zero-order chi connectivity index (χ0) is 20.2. The van der Waals surface area contributed by atoms with E-state index < -0.39 is 21.4 Å². The van der Waals surface area contributed by atoms with E-state index in [2.05, 4.69) is 4.72 Å². The molecule has 6 nitrogen and oxygen atoms in total. The topological polar surface area (TPSA) is 89.5 Å². The van der Waals surface area contributed by atoms with Crippen molar-refractivity contribution >= 4 is 27.5 Å². The summed E-state index contributed by atoms with van der Waals surface area (Å²) in [5.74, 6) is -0.875. The molecule has 0 fully saturated rings. The SMILES string of the molecule is Cc1ccc(NS(=O)(=O)c2ccc(C(=O)OCC(=O)C(C)(C)C)cc2)cc1. The molecule has 7 heteroatoms. The van der Waals surface area contributed by atoms with Gasteiger partial charge in [-0.15, -0.1) is 0 Å². The second-order valence-electron chi connectivity index (χ2n) is 7.25. The number of ketones is 1. The maximum absolute atomic E-state index is 12.4. The Balaban J connectivity index is 2.06. The summed E-state index contributed by atoms with van der Waals surface area (Å²) < 4.78 is 32.3. The lowest BCUT2D eigenvalue weighted by Crippen LogP contribution is -2.26. The highest BCUT2D eigenvalue weighted by atomic mass is 32.2. The van der Waals surface area contributed by atoms with Gasteiger partial charge in [-0.3, -0.25) is 9.52 Å². The molecule has 0 aliphatic heterocycles. The Labute approximate surface area is 159 Å². The minimum absolute atomic E-state index is 0.0189. The lowest BCUT2D eigenvalue weighted by atomic mass is 9.91. The van der Waals surface area contributed by atoms with Gasteiger partial charge in [0.1, 0.15) is 0 Å². The van der Waals surface area contributed by atoms with Crippen LogP contribution in [0.2, 0.25) is 0 Å². The van der Waals surface area contributed by atoms with Crippen molar-refractivity contribution in [1.82, 2.24) is 0 Å². The second kappa shape index (κ2) is 7.92. The van der Waals surface area contributed by atoms with E-state index in [0.29, 0.717) is 5.69 Å². The number of anilines is 1. The third-order valence-electron chi connectivity index (χ3n) is 3.87. The van der Waals surface area contributed by atoms with Gasteiger partial charge in [0, 0.05) is 11.1 Å². The number of rotatable bonds is 6. The molecule has 0 unspecified atom stereocenters. The maximum Gasteiger partial charge on any atom is 0.338 e. The molecule has 0 bridgehead atoms. The number of hydrogen-bond acceptors (Lipinski definition) is 5. The monoisotopic (exact) mass is 389 g/mol. The lowest BCUT2D eigenvalue weighted by Gasteiger charge is -2.16. The van der Waals surface area contributed by atoms with Crippen LogP contribution in [-0.4, -0.2) is 26.8 Å². The lowest BCUT2D eigenvalue weighted by molar-refractivity contribution is -0.129. The van der Waals surface area contributed by atoms with E-state index in [4.69, 9.17) is 4.74 Å². The van der Waals surface area contributed by atoms with Gasteiger partial charge in [0.15, 0.2) is 12.4 Å². The van der Waals surface area contributed by atoms with Gasteiger partial charge in [0.05, 0.1) is 10.5 Å². The van der Waals surface area contributed by atoms with Gasteiger partial charge in [0.2, 0.25) is 0 Å². The first-order chi connectivity index (χ1) is 12.5. The van der Waals surface area contributed by atoms with E-state index in [1.165, 1.54) is 24.3 Å². The van der Waals surface area contributed by atoms with E-state index in [1.54, 1.807) is 45.0 Å². The fourth-order valence-electron chi connectivity index (χ4n) is 2.04. The summed E-state index contributed by atoms with van der Waals surface area (Å²) in [5.41, 5.74) is 1.04. The van der Waals surface area contributed by atoms with Crippen LogP contribution < -0.4 is 4.72 Å². The molecule has 0 atom stereocenters. The number of carbonyl (C=O) groups is 2. The standard InChI is InChI=1S/C20H23NO5S/c1-14-5-9-16(10-6-14)21-27(24,25)17-11-7-15(8-12-17)19(23)26-13-18(22)20(2,3)4/h5-12,21H,13H2,1-4H3. The van der Waals surface area contributed by atoms with Crippen molar-refractivity contribution < 1.29 is 22.7 Å². The largest absolute Gasteiger partial charge is 0.454 e. The van der Waals surface area contributed by atoms with Crippen molar-refractivity contribution in [3.63, 3.8) is 0 Å². The van der Waals surface area contributed by atoms with E-state index in [-0.39, 0.29) is 22.8 Å². The van der Waals surface area contributed by atoms with Gasteiger partial charge in [-0.1, -0.05) is 38.5 Å². The van der Waals surface area contributed by atoms with Crippen LogP contribution in [0.1, 0.15) is 36.7 Å². The minimum atomic E-state index is -3.77. The maximum atomic E-state index is 12.4. The Kier molecular flexibility index (Phi) is 6.05. The Hall–Kier alpha value is -2.67. The zero-order valence-electron chi connectivity index (χ0n) is 15.8. The summed E-state index contributed by atoms with van der Waals surface area (Å²) in [6.45, 7) is 6.81. The molecule has 0 saturated heterocycles. The highest BCUT2D eigenvalue weighted by Crippen LogP contribution is 2.18. The van der Waals surface area contributed by atoms with Crippen LogP contribution in [0.4, 0.5) is 5.69 Å². The third-order valence-corrected chi connectivity index (χ3v) is 5.27. The fraction of sp³-hybridized carbons (Fsp3) is 0.300. The molecule has 144 valence electrons. The van der Waals surface area contributed by atoms with Gasteiger partial charge in [0.25, 0.3) is 10.0 Å². The molecule has 2 rings (SSSR count). The predicted octanol–water partition coefficient (Wildman–Crippen LogP) is 3.57. The molecule has 27 heavy (non-hydrogen) atoms. The highest BCUT2D eigenvalue weighted by Gasteiger charge is 2.23. The Morgan fingerprint density at radius 3 is 2.04 bits per heavy atom. The van der Waals surface area contributed by atoms with Crippen LogP contribution in [0.15, 0.2) is 53.4 Å². The Morgan fingerprint density at radius 1 is 0.963 bits per heavy atom. The molecular formula is C20H23NO5S. The number of hydrogen-bond donors (Lipinski definition) is 1. The average molecular weight is 389 g/mol. The number of esters is 1. The summed E-state index contributed by atoms with van der Waals surface area (Å²) in [7, 11) is -3.77. The van der Waals surface area contributed by atoms with Gasteiger partial charge >= 0.3 is 5.97 Å².